The summed E-state index contributed by atoms with van der Waals surface area (Å²) in [7, 11) is -3.54. The van der Waals surface area contributed by atoms with Crippen molar-refractivity contribution in [3.63, 3.8) is 0 Å². The lowest BCUT2D eigenvalue weighted by Gasteiger charge is -2.28. The van der Waals surface area contributed by atoms with Crippen LogP contribution < -0.4 is 14.3 Å². The topological polar surface area (TPSA) is 107 Å². The number of rotatable bonds is 4. The van der Waals surface area contributed by atoms with Gasteiger partial charge in [-0.2, -0.15) is 13.1 Å². The average Bonchev–Trinajstić information content (AvgIpc) is 3.29. The standard InChI is InChI=1S/C23H20ClN5O3S/c24-20-7-4-17(14-19(20)22-21-15(8-11-25-21)9-12-26-22)28-23(30)16-2-5-18(6-3-16)29-13-1-10-27-33(29,31)32/h2-9,11-12,14,25,27H,1,10,13H2,(H,28,30). The molecule has 2 aromatic heterocycles. The molecule has 1 fully saturated rings. The first-order valence-electron chi connectivity index (χ1n) is 10.3. The van der Waals surface area contributed by atoms with Crippen molar-refractivity contribution in [2.24, 2.45) is 0 Å². The highest BCUT2D eigenvalue weighted by Gasteiger charge is 2.25. The number of hydrogen-bond acceptors (Lipinski definition) is 4. The second-order valence-corrected chi connectivity index (χ2v) is 9.71. The van der Waals surface area contributed by atoms with Crippen molar-refractivity contribution in [1.29, 1.82) is 0 Å². The van der Waals surface area contributed by atoms with Gasteiger partial charge in [0.2, 0.25) is 0 Å². The van der Waals surface area contributed by atoms with Crippen LogP contribution >= 0.6 is 11.6 Å². The number of hydrogen-bond donors (Lipinski definition) is 3. The Hall–Kier alpha value is -3.40. The number of anilines is 2. The number of fused-ring (bicyclic) bond motifs is 1. The third-order valence-electron chi connectivity index (χ3n) is 5.48. The van der Waals surface area contributed by atoms with Crippen molar-refractivity contribution in [2.75, 3.05) is 22.7 Å². The highest BCUT2D eigenvalue weighted by molar-refractivity contribution is 7.90. The summed E-state index contributed by atoms with van der Waals surface area (Å²) in [5.41, 5.74) is 3.73. The van der Waals surface area contributed by atoms with E-state index in [1.165, 1.54) is 4.31 Å². The van der Waals surface area contributed by atoms with Crippen LogP contribution in [0.1, 0.15) is 16.8 Å². The summed E-state index contributed by atoms with van der Waals surface area (Å²) in [6.07, 6.45) is 4.27. The molecule has 0 unspecified atom stereocenters. The van der Waals surface area contributed by atoms with Gasteiger partial charge in [0, 0.05) is 47.7 Å². The second-order valence-electron chi connectivity index (χ2n) is 7.62. The number of aromatic amines is 1. The molecule has 0 aliphatic carbocycles. The monoisotopic (exact) mass is 481 g/mol. The fourth-order valence-corrected chi connectivity index (χ4v) is 5.38. The number of halogens is 1. The molecule has 4 aromatic rings. The lowest BCUT2D eigenvalue weighted by atomic mass is 10.1. The fourth-order valence-electron chi connectivity index (χ4n) is 3.84. The van der Waals surface area contributed by atoms with Crippen molar-refractivity contribution in [1.82, 2.24) is 14.7 Å². The Balaban J connectivity index is 1.38. The molecule has 33 heavy (non-hydrogen) atoms. The fraction of sp³-hybridized carbons (Fsp3) is 0.130. The summed E-state index contributed by atoms with van der Waals surface area (Å²) in [5, 5.41) is 4.40. The molecule has 168 valence electrons. The maximum Gasteiger partial charge on any atom is 0.301 e. The molecule has 0 spiro atoms. The summed E-state index contributed by atoms with van der Waals surface area (Å²) in [4.78, 5) is 20.5. The van der Waals surface area contributed by atoms with Crippen molar-refractivity contribution in [3.05, 3.63) is 77.6 Å². The highest BCUT2D eigenvalue weighted by atomic mass is 35.5. The number of H-pyrrole nitrogens is 1. The number of nitrogens with one attached hydrogen (secondary N) is 3. The van der Waals surface area contributed by atoms with E-state index >= 15 is 0 Å². The minimum absolute atomic E-state index is 0.319. The van der Waals surface area contributed by atoms with Crippen LogP contribution in [0.5, 0.6) is 0 Å². The average molecular weight is 482 g/mol. The van der Waals surface area contributed by atoms with Gasteiger partial charge in [0.25, 0.3) is 5.91 Å². The molecule has 10 heteroatoms. The van der Waals surface area contributed by atoms with Crippen LogP contribution in [-0.2, 0) is 10.2 Å². The Bertz CT molecular complexity index is 1450. The van der Waals surface area contributed by atoms with Crippen molar-refractivity contribution in [2.45, 2.75) is 6.42 Å². The zero-order valence-electron chi connectivity index (χ0n) is 17.4. The molecule has 1 saturated heterocycles. The van der Waals surface area contributed by atoms with Gasteiger partial charge in [-0.1, -0.05) is 11.6 Å². The van der Waals surface area contributed by atoms with Crippen LogP contribution in [-0.4, -0.2) is 37.4 Å². The predicted octanol–water partition coefficient (Wildman–Crippen LogP) is 4.18. The van der Waals surface area contributed by atoms with E-state index in [4.69, 9.17) is 11.6 Å². The zero-order chi connectivity index (χ0) is 23.0. The second kappa shape index (κ2) is 8.51. The van der Waals surface area contributed by atoms with Crippen LogP contribution in [0.4, 0.5) is 11.4 Å². The zero-order valence-corrected chi connectivity index (χ0v) is 18.9. The van der Waals surface area contributed by atoms with Crippen LogP contribution in [0.2, 0.25) is 5.02 Å². The lowest BCUT2D eigenvalue weighted by molar-refractivity contribution is 0.102. The van der Waals surface area contributed by atoms with Gasteiger partial charge in [0.1, 0.15) is 0 Å². The van der Waals surface area contributed by atoms with E-state index in [1.54, 1.807) is 48.7 Å². The van der Waals surface area contributed by atoms with Crippen LogP contribution in [0, 0.1) is 0 Å². The van der Waals surface area contributed by atoms with E-state index in [0.717, 1.165) is 10.9 Å². The van der Waals surface area contributed by atoms with E-state index in [-0.39, 0.29) is 5.91 Å². The molecule has 1 aliphatic rings. The largest absolute Gasteiger partial charge is 0.359 e. The molecule has 0 radical (unpaired) electrons. The Morgan fingerprint density at radius 3 is 2.70 bits per heavy atom. The number of pyridine rings is 1. The minimum atomic E-state index is -3.54. The number of amides is 1. The van der Waals surface area contributed by atoms with Gasteiger partial charge < -0.3 is 10.3 Å². The van der Waals surface area contributed by atoms with E-state index in [2.05, 4.69) is 20.0 Å². The molecule has 8 nitrogen and oxygen atoms in total. The molecule has 0 saturated carbocycles. The van der Waals surface area contributed by atoms with E-state index in [9.17, 15) is 13.2 Å². The van der Waals surface area contributed by atoms with Gasteiger partial charge in [-0.05, 0) is 61.0 Å². The van der Waals surface area contributed by atoms with E-state index in [0.29, 0.717) is 52.7 Å². The third kappa shape index (κ3) is 4.18. The molecule has 0 bridgehead atoms. The van der Waals surface area contributed by atoms with Gasteiger partial charge in [0.05, 0.1) is 21.9 Å². The smallest absolute Gasteiger partial charge is 0.301 e. The van der Waals surface area contributed by atoms with Crippen LogP contribution in [0.25, 0.3) is 22.2 Å². The number of carbonyl (C=O) groups excluding carboxylic acids is 1. The SMILES string of the molecule is O=C(Nc1ccc(Cl)c(-c2nccc3cc[nH]c23)c1)c1ccc(N2CCCNS2(=O)=O)cc1. The maximum atomic E-state index is 12.8. The van der Waals surface area contributed by atoms with Crippen molar-refractivity contribution >= 4 is 50.0 Å². The van der Waals surface area contributed by atoms with Crippen LogP contribution in [0.3, 0.4) is 0 Å². The molecule has 0 atom stereocenters. The van der Waals surface area contributed by atoms with Gasteiger partial charge in [-0.3, -0.25) is 14.1 Å². The molecule has 1 aliphatic heterocycles. The van der Waals surface area contributed by atoms with Crippen molar-refractivity contribution in [3.8, 4) is 11.3 Å². The highest BCUT2D eigenvalue weighted by Crippen LogP contribution is 2.33. The van der Waals surface area contributed by atoms with Gasteiger partial charge in [0.15, 0.2) is 0 Å². The van der Waals surface area contributed by atoms with E-state index < -0.39 is 10.2 Å². The lowest BCUT2D eigenvalue weighted by Crippen LogP contribution is -2.47. The maximum absolute atomic E-state index is 12.8. The molecule has 1 amide bonds. The number of carbonyl (C=O) groups is 1. The molecular formula is C23H20ClN5O3S. The summed E-state index contributed by atoms with van der Waals surface area (Å²) < 4.78 is 28.2. The summed E-state index contributed by atoms with van der Waals surface area (Å²) in [5.74, 6) is -0.319. The molecular weight excluding hydrogens is 462 g/mol. The summed E-state index contributed by atoms with van der Waals surface area (Å²) in [6, 6.07) is 15.5. The number of nitrogens with zero attached hydrogens (tertiary/aromatic N) is 2. The Kier molecular flexibility index (Phi) is 5.53. The third-order valence-corrected chi connectivity index (χ3v) is 7.36. The molecule has 3 N–H and O–H groups in total. The van der Waals surface area contributed by atoms with Crippen molar-refractivity contribution < 1.29 is 13.2 Å². The Labute approximate surface area is 195 Å². The normalized spacial score (nSPS) is 15.5. The molecule has 5 rings (SSSR count). The van der Waals surface area contributed by atoms with Gasteiger partial charge in [-0.25, -0.2) is 0 Å². The predicted molar refractivity (Wildman–Crippen MR) is 130 cm³/mol. The van der Waals surface area contributed by atoms with Crippen LogP contribution in [0.15, 0.2) is 67.0 Å². The Morgan fingerprint density at radius 2 is 1.91 bits per heavy atom. The first-order chi connectivity index (χ1) is 15.9. The Morgan fingerprint density at radius 1 is 1.09 bits per heavy atom. The van der Waals surface area contributed by atoms with E-state index in [1.807, 2.05) is 18.3 Å². The first kappa shape index (κ1) is 21.4. The van der Waals surface area contributed by atoms with Gasteiger partial charge >= 0.3 is 10.2 Å². The molecule has 2 aromatic carbocycles. The summed E-state index contributed by atoms with van der Waals surface area (Å²) >= 11 is 6.44. The minimum Gasteiger partial charge on any atom is -0.359 e. The van der Waals surface area contributed by atoms with Gasteiger partial charge in [-0.15, -0.1) is 0 Å². The quantitative estimate of drug-likeness (QED) is 0.406. The summed E-state index contributed by atoms with van der Waals surface area (Å²) in [6.45, 7) is 0.826. The number of benzene rings is 2. The number of aromatic nitrogens is 2. The first-order valence-corrected chi connectivity index (χ1v) is 12.1. The molecule has 3 heterocycles.